The Morgan fingerprint density at radius 3 is 3.05 bits per heavy atom. The highest BCUT2D eigenvalue weighted by Gasteiger charge is 2.26. The lowest BCUT2D eigenvalue weighted by atomic mass is 10.5. The Kier molecular flexibility index (Phi) is 3.55. The minimum Gasteiger partial charge on any atom is -0.368 e. The molecule has 0 atom stereocenters. The van der Waals surface area contributed by atoms with E-state index in [1.165, 1.54) is 17.5 Å². The SMILES string of the molecule is CCCNc1nc2sccn2c1S(=O)(=O)Nc1ncc[nH]1. The summed E-state index contributed by atoms with van der Waals surface area (Å²) in [5.74, 6) is 0.518. The van der Waals surface area contributed by atoms with Crippen LogP contribution in [0.15, 0.2) is 29.0 Å². The van der Waals surface area contributed by atoms with Crippen molar-refractivity contribution in [3.8, 4) is 0 Å². The zero-order valence-electron chi connectivity index (χ0n) is 11.2. The van der Waals surface area contributed by atoms with Crippen molar-refractivity contribution in [1.82, 2.24) is 19.4 Å². The molecular formula is C11H14N6O2S2. The van der Waals surface area contributed by atoms with Crippen LogP contribution >= 0.6 is 11.3 Å². The summed E-state index contributed by atoms with van der Waals surface area (Å²) in [6.45, 7) is 2.65. The summed E-state index contributed by atoms with van der Waals surface area (Å²) in [5.41, 5.74) is 0. The van der Waals surface area contributed by atoms with E-state index in [-0.39, 0.29) is 11.0 Å². The summed E-state index contributed by atoms with van der Waals surface area (Å²) in [6, 6.07) is 0. The normalized spacial score (nSPS) is 11.9. The molecule has 3 N–H and O–H groups in total. The van der Waals surface area contributed by atoms with E-state index in [0.29, 0.717) is 17.3 Å². The second-order valence-corrected chi connectivity index (χ2v) is 6.76. The molecule has 0 radical (unpaired) electrons. The van der Waals surface area contributed by atoms with Gasteiger partial charge in [0.1, 0.15) is 0 Å². The Hall–Kier alpha value is -2.07. The maximum atomic E-state index is 12.6. The lowest BCUT2D eigenvalue weighted by molar-refractivity contribution is 0.596. The first-order valence-corrected chi connectivity index (χ1v) is 8.69. The zero-order valence-corrected chi connectivity index (χ0v) is 12.8. The van der Waals surface area contributed by atoms with Gasteiger partial charge >= 0.3 is 0 Å². The summed E-state index contributed by atoms with van der Waals surface area (Å²) < 4.78 is 29.1. The number of hydrogen-bond acceptors (Lipinski definition) is 6. The van der Waals surface area contributed by atoms with Crippen molar-refractivity contribution < 1.29 is 8.42 Å². The fourth-order valence-corrected chi connectivity index (χ4v) is 3.89. The summed E-state index contributed by atoms with van der Waals surface area (Å²) in [7, 11) is -3.80. The van der Waals surface area contributed by atoms with Crippen LogP contribution in [-0.2, 0) is 10.0 Å². The number of fused-ring (bicyclic) bond motifs is 1. The highest BCUT2D eigenvalue weighted by molar-refractivity contribution is 7.92. The largest absolute Gasteiger partial charge is 0.368 e. The topological polar surface area (TPSA) is 104 Å². The van der Waals surface area contributed by atoms with Crippen LogP contribution in [0.25, 0.3) is 4.96 Å². The molecule has 0 saturated heterocycles. The Bertz CT molecular complexity index is 833. The molecule has 21 heavy (non-hydrogen) atoms. The smallest absolute Gasteiger partial charge is 0.284 e. The molecule has 0 spiro atoms. The van der Waals surface area contributed by atoms with Crippen LogP contribution in [0.3, 0.4) is 0 Å². The highest BCUT2D eigenvalue weighted by atomic mass is 32.2. The number of H-pyrrole nitrogens is 1. The van der Waals surface area contributed by atoms with Crippen molar-refractivity contribution in [2.24, 2.45) is 0 Å². The number of nitrogens with one attached hydrogen (secondary N) is 3. The monoisotopic (exact) mass is 326 g/mol. The van der Waals surface area contributed by atoms with Gasteiger partial charge in [0.25, 0.3) is 10.0 Å². The molecule has 3 aromatic heterocycles. The Morgan fingerprint density at radius 1 is 1.48 bits per heavy atom. The first-order valence-electron chi connectivity index (χ1n) is 6.33. The van der Waals surface area contributed by atoms with E-state index in [9.17, 15) is 8.42 Å². The number of thiazole rings is 1. The number of imidazole rings is 2. The van der Waals surface area contributed by atoms with Gasteiger partial charge in [-0.25, -0.2) is 14.7 Å². The summed E-state index contributed by atoms with van der Waals surface area (Å²) in [4.78, 5) is 11.5. The summed E-state index contributed by atoms with van der Waals surface area (Å²) >= 11 is 1.38. The van der Waals surface area contributed by atoms with Crippen molar-refractivity contribution in [2.45, 2.75) is 18.4 Å². The predicted octanol–water partition coefficient (Wildman–Crippen LogP) is 1.74. The Labute approximate surface area is 125 Å². The third-order valence-electron chi connectivity index (χ3n) is 2.74. The molecule has 0 fully saturated rings. The van der Waals surface area contributed by atoms with Gasteiger partial charge in [0.15, 0.2) is 10.8 Å². The van der Waals surface area contributed by atoms with Gasteiger partial charge in [-0.3, -0.25) is 4.40 Å². The van der Waals surface area contributed by atoms with Crippen LogP contribution < -0.4 is 10.0 Å². The van der Waals surface area contributed by atoms with Gasteiger partial charge in [-0.05, 0) is 6.42 Å². The lowest BCUT2D eigenvalue weighted by Crippen LogP contribution is -2.18. The van der Waals surface area contributed by atoms with Crippen LogP contribution in [0.4, 0.5) is 11.8 Å². The molecule has 3 aromatic rings. The van der Waals surface area contributed by atoms with Crippen LogP contribution in [0.5, 0.6) is 0 Å². The Balaban J connectivity index is 2.06. The maximum Gasteiger partial charge on any atom is 0.284 e. The number of sulfonamides is 1. The highest BCUT2D eigenvalue weighted by Crippen LogP contribution is 2.26. The minimum absolute atomic E-state index is 0.0867. The van der Waals surface area contributed by atoms with E-state index in [0.717, 1.165) is 6.42 Å². The van der Waals surface area contributed by atoms with Crippen molar-refractivity contribution in [3.63, 3.8) is 0 Å². The fourth-order valence-electron chi connectivity index (χ4n) is 1.88. The standard InChI is InChI=1S/C11H14N6O2S2/c1-2-3-12-8-9(17-6-7-20-11(17)15-8)21(18,19)16-10-13-4-5-14-10/h4-7,12H,2-3H2,1H3,(H2,13,14,16). The molecule has 0 aliphatic heterocycles. The number of aromatic amines is 1. The molecule has 112 valence electrons. The lowest BCUT2D eigenvalue weighted by Gasteiger charge is -2.07. The van der Waals surface area contributed by atoms with Crippen LogP contribution in [-0.4, -0.2) is 34.3 Å². The van der Waals surface area contributed by atoms with Crippen LogP contribution in [0.1, 0.15) is 13.3 Å². The second kappa shape index (κ2) is 5.37. The van der Waals surface area contributed by atoms with Crippen molar-refractivity contribution >= 4 is 38.1 Å². The van der Waals surface area contributed by atoms with Gasteiger partial charge < -0.3 is 10.3 Å². The number of anilines is 2. The van der Waals surface area contributed by atoms with E-state index in [1.54, 1.807) is 22.2 Å². The minimum atomic E-state index is -3.80. The van der Waals surface area contributed by atoms with Gasteiger partial charge in [0.2, 0.25) is 11.0 Å². The van der Waals surface area contributed by atoms with E-state index < -0.39 is 10.0 Å². The first-order chi connectivity index (χ1) is 10.1. The molecule has 0 bridgehead atoms. The zero-order chi connectivity index (χ0) is 14.9. The third kappa shape index (κ3) is 2.59. The van der Waals surface area contributed by atoms with Gasteiger partial charge in [-0.2, -0.15) is 8.42 Å². The molecular weight excluding hydrogens is 312 g/mol. The number of rotatable bonds is 6. The van der Waals surface area contributed by atoms with Crippen LogP contribution in [0.2, 0.25) is 0 Å². The molecule has 0 saturated carbocycles. The molecule has 0 aliphatic carbocycles. The van der Waals surface area contributed by atoms with Gasteiger partial charge in [-0.1, -0.05) is 6.92 Å². The molecule has 0 amide bonds. The molecule has 0 aliphatic rings. The average molecular weight is 326 g/mol. The van der Waals surface area contributed by atoms with Gasteiger partial charge in [0.05, 0.1) is 0 Å². The van der Waals surface area contributed by atoms with Crippen molar-refractivity contribution in [3.05, 3.63) is 24.0 Å². The van der Waals surface area contributed by atoms with E-state index in [2.05, 4.69) is 25.0 Å². The molecule has 3 rings (SSSR count). The number of hydrogen-bond donors (Lipinski definition) is 3. The van der Waals surface area contributed by atoms with Crippen molar-refractivity contribution in [1.29, 1.82) is 0 Å². The average Bonchev–Trinajstić information content (AvgIpc) is 3.10. The van der Waals surface area contributed by atoms with E-state index in [1.807, 2.05) is 6.92 Å². The third-order valence-corrected chi connectivity index (χ3v) is 4.86. The molecule has 0 aromatic carbocycles. The van der Waals surface area contributed by atoms with Gasteiger partial charge in [-0.15, -0.1) is 11.3 Å². The number of aromatic nitrogens is 4. The van der Waals surface area contributed by atoms with Crippen LogP contribution in [0, 0.1) is 0 Å². The fraction of sp³-hybridized carbons (Fsp3) is 0.273. The maximum absolute atomic E-state index is 12.6. The molecule has 8 nitrogen and oxygen atoms in total. The first kappa shape index (κ1) is 13.9. The summed E-state index contributed by atoms with van der Waals surface area (Å²) in [6.07, 6.45) is 5.58. The Morgan fingerprint density at radius 2 is 2.33 bits per heavy atom. The predicted molar refractivity (Wildman–Crippen MR) is 81.2 cm³/mol. The quantitative estimate of drug-likeness (QED) is 0.640. The summed E-state index contributed by atoms with van der Waals surface area (Å²) in [5, 5.41) is 4.93. The van der Waals surface area contributed by atoms with Gasteiger partial charge in [0, 0.05) is 30.5 Å². The molecule has 3 heterocycles. The molecule has 0 unspecified atom stereocenters. The van der Waals surface area contributed by atoms with Crippen molar-refractivity contribution in [2.75, 3.05) is 16.6 Å². The molecule has 10 heteroatoms. The van der Waals surface area contributed by atoms with E-state index in [4.69, 9.17) is 0 Å². The second-order valence-electron chi connectivity index (χ2n) is 4.29. The number of nitrogens with zero attached hydrogens (tertiary/aromatic N) is 3. The van der Waals surface area contributed by atoms with E-state index >= 15 is 0 Å².